The van der Waals surface area contributed by atoms with Crippen molar-refractivity contribution >= 4 is 17.6 Å². The van der Waals surface area contributed by atoms with E-state index in [1.165, 1.54) is 6.07 Å². The molecule has 0 aliphatic carbocycles. The summed E-state index contributed by atoms with van der Waals surface area (Å²) in [6.07, 6.45) is 3.87. The molecule has 1 saturated heterocycles. The van der Waals surface area contributed by atoms with Gasteiger partial charge in [-0.3, -0.25) is 9.89 Å². The molecule has 2 N–H and O–H groups in total. The summed E-state index contributed by atoms with van der Waals surface area (Å²) in [6.45, 7) is 2.92. The van der Waals surface area contributed by atoms with Crippen molar-refractivity contribution in [1.82, 2.24) is 15.5 Å². The standard InChI is InChI=1S/C19H24ClFN4O/c1-22-19(23-12-14-6-5-11-26-14)24-13-17(25-9-2-3-10-25)18-15(20)7-4-8-16(18)21/h4-8,11,17H,2-3,9-10,12-13H2,1H3,(H2,22,23,24). The van der Waals surface area contributed by atoms with E-state index in [9.17, 15) is 4.39 Å². The molecule has 1 unspecified atom stereocenters. The molecule has 1 atom stereocenters. The molecular formula is C19H24ClFN4O. The summed E-state index contributed by atoms with van der Waals surface area (Å²) in [6, 6.07) is 8.44. The number of hydrogen-bond donors (Lipinski definition) is 2. The number of hydrogen-bond acceptors (Lipinski definition) is 3. The van der Waals surface area contributed by atoms with Crippen LogP contribution in [0.25, 0.3) is 0 Å². The summed E-state index contributed by atoms with van der Waals surface area (Å²) in [5, 5.41) is 6.95. The second-order valence-corrected chi connectivity index (χ2v) is 6.69. The monoisotopic (exact) mass is 378 g/mol. The zero-order valence-corrected chi connectivity index (χ0v) is 15.6. The highest BCUT2D eigenvalue weighted by atomic mass is 35.5. The van der Waals surface area contributed by atoms with E-state index in [0.717, 1.165) is 31.7 Å². The fraction of sp³-hybridized carbons (Fsp3) is 0.421. The number of furan rings is 1. The van der Waals surface area contributed by atoms with Crippen LogP contribution in [0.5, 0.6) is 0 Å². The highest BCUT2D eigenvalue weighted by Crippen LogP contribution is 2.31. The molecule has 0 radical (unpaired) electrons. The van der Waals surface area contributed by atoms with Crippen molar-refractivity contribution in [1.29, 1.82) is 0 Å². The van der Waals surface area contributed by atoms with Gasteiger partial charge in [-0.25, -0.2) is 4.39 Å². The normalized spacial score (nSPS) is 16.7. The summed E-state index contributed by atoms with van der Waals surface area (Å²) in [7, 11) is 1.71. The van der Waals surface area contributed by atoms with Gasteiger partial charge in [0.05, 0.1) is 18.8 Å². The first-order chi connectivity index (χ1) is 12.7. The molecule has 0 spiro atoms. The molecule has 0 bridgehead atoms. The third kappa shape index (κ3) is 4.56. The van der Waals surface area contributed by atoms with Gasteiger partial charge in [-0.15, -0.1) is 0 Å². The third-order valence-electron chi connectivity index (χ3n) is 4.61. The number of likely N-dealkylation sites (tertiary alicyclic amines) is 1. The predicted molar refractivity (Wildman–Crippen MR) is 102 cm³/mol. The lowest BCUT2D eigenvalue weighted by Crippen LogP contribution is -2.42. The first-order valence-corrected chi connectivity index (χ1v) is 9.21. The Hall–Kier alpha value is -2.05. The van der Waals surface area contributed by atoms with Crippen molar-refractivity contribution in [2.24, 2.45) is 4.99 Å². The molecule has 1 aliphatic rings. The van der Waals surface area contributed by atoms with Crippen LogP contribution in [0, 0.1) is 5.82 Å². The molecule has 140 valence electrons. The van der Waals surface area contributed by atoms with E-state index in [4.69, 9.17) is 16.0 Å². The number of aliphatic imine (C=N–C) groups is 1. The molecule has 5 nitrogen and oxygen atoms in total. The summed E-state index contributed by atoms with van der Waals surface area (Å²) in [5.41, 5.74) is 0.546. The first kappa shape index (κ1) is 18.7. The number of halogens is 2. The van der Waals surface area contributed by atoms with Gasteiger partial charge >= 0.3 is 0 Å². The number of nitrogens with zero attached hydrogens (tertiary/aromatic N) is 2. The minimum atomic E-state index is -0.269. The van der Waals surface area contributed by atoms with Crippen LogP contribution in [0.1, 0.15) is 30.2 Å². The van der Waals surface area contributed by atoms with Crippen LogP contribution in [0.2, 0.25) is 5.02 Å². The van der Waals surface area contributed by atoms with Gasteiger partial charge in [-0.2, -0.15) is 0 Å². The van der Waals surface area contributed by atoms with Crippen LogP contribution in [-0.2, 0) is 6.54 Å². The lowest BCUT2D eigenvalue weighted by Gasteiger charge is -2.29. The summed E-state index contributed by atoms with van der Waals surface area (Å²) in [5.74, 6) is 1.19. The second-order valence-electron chi connectivity index (χ2n) is 6.28. The first-order valence-electron chi connectivity index (χ1n) is 8.84. The third-order valence-corrected chi connectivity index (χ3v) is 4.94. The molecule has 1 fully saturated rings. The van der Waals surface area contributed by atoms with E-state index in [1.54, 1.807) is 25.4 Å². The maximum absolute atomic E-state index is 14.5. The Morgan fingerprint density at radius 3 is 2.73 bits per heavy atom. The second kappa shape index (κ2) is 9.05. The molecule has 1 aromatic carbocycles. The molecule has 26 heavy (non-hydrogen) atoms. The molecule has 3 rings (SSSR count). The van der Waals surface area contributed by atoms with Crippen molar-refractivity contribution in [2.45, 2.75) is 25.4 Å². The molecule has 1 aliphatic heterocycles. The minimum Gasteiger partial charge on any atom is -0.467 e. The number of nitrogens with one attached hydrogen (secondary N) is 2. The molecule has 7 heteroatoms. The van der Waals surface area contributed by atoms with Gasteiger partial charge < -0.3 is 15.1 Å². The van der Waals surface area contributed by atoms with E-state index < -0.39 is 0 Å². The van der Waals surface area contributed by atoms with E-state index in [-0.39, 0.29) is 11.9 Å². The van der Waals surface area contributed by atoms with Gasteiger partial charge in [0.15, 0.2) is 5.96 Å². The Morgan fingerprint density at radius 1 is 1.27 bits per heavy atom. The van der Waals surface area contributed by atoms with Gasteiger partial charge in [0, 0.05) is 24.2 Å². The Labute approximate surface area is 158 Å². The van der Waals surface area contributed by atoms with E-state index >= 15 is 0 Å². The zero-order valence-electron chi connectivity index (χ0n) is 14.8. The van der Waals surface area contributed by atoms with Crippen LogP contribution >= 0.6 is 11.6 Å². The molecule has 2 aromatic rings. The van der Waals surface area contributed by atoms with Crippen LogP contribution in [0.15, 0.2) is 46.0 Å². The highest BCUT2D eigenvalue weighted by Gasteiger charge is 2.27. The summed E-state index contributed by atoms with van der Waals surface area (Å²) in [4.78, 5) is 6.51. The number of rotatable bonds is 6. The maximum Gasteiger partial charge on any atom is 0.191 e. The number of guanidine groups is 1. The fourth-order valence-corrected chi connectivity index (χ4v) is 3.58. The maximum atomic E-state index is 14.5. The minimum absolute atomic E-state index is 0.145. The average molecular weight is 379 g/mol. The van der Waals surface area contributed by atoms with Crippen LogP contribution < -0.4 is 10.6 Å². The van der Waals surface area contributed by atoms with Gasteiger partial charge in [0.1, 0.15) is 11.6 Å². The SMILES string of the molecule is CN=C(NCc1ccco1)NCC(c1c(F)cccc1Cl)N1CCCC1. The smallest absolute Gasteiger partial charge is 0.191 e. The molecule has 0 amide bonds. The Bertz CT molecular complexity index is 709. The van der Waals surface area contributed by atoms with Crippen molar-refractivity contribution in [2.75, 3.05) is 26.7 Å². The van der Waals surface area contributed by atoms with Crippen molar-refractivity contribution < 1.29 is 8.81 Å². The summed E-state index contributed by atoms with van der Waals surface area (Å²) < 4.78 is 19.8. The Kier molecular flexibility index (Phi) is 6.52. The molecule has 0 saturated carbocycles. The van der Waals surface area contributed by atoms with Crippen LogP contribution in [0.3, 0.4) is 0 Å². The van der Waals surface area contributed by atoms with E-state index in [2.05, 4.69) is 20.5 Å². The number of benzene rings is 1. The average Bonchev–Trinajstić information content (AvgIpc) is 3.33. The fourth-order valence-electron chi connectivity index (χ4n) is 3.29. The summed E-state index contributed by atoms with van der Waals surface area (Å²) >= 11 is 6.33. The topological polar surface area (TPSA) is 52.8 Å². The largest absolute Gasteiger partial charge is 0.467 e. The van der Waals surface area contributed by atoms with Gasteiger partial charge in [-0.05, 0) is 50.2 Å². The van der Waals surface area contributed by atoms with Crippen LogP contribution in [0.4, 0.5) is 4.39 Å². The Balaban J connectivity index is 1.69. The van der Waals surface area contributed by atoms with Gasteiger partial charge in [-0.1, -0.05) is 17.7 Å². The van der Waals surface area contributed by atoms with Gasteiger partial charge in [0.2, 0.25) is 0 Å². The highest BCUT2D eigenvalue weighted by molar-refractivity contribution is 6.31. The van der Waals surface area contributed by atoms with E-state index in [1.807, 2.05) is 12.1 Å². The zero-order chi connectivity index (χ0) is 18.4. The van der Waals surface area contributed by atoms with Crippen molar-refractivity contribution in [3.63, 3.8) is 0 Å². The quantitative estimate of drug-likeness (QED) is 0.596. The molecular weight excluding hydrogens is 355 g/mol. The molecule has 2 heterocycles. The Morgan fingerprint density at radius 2 is 2.08 bits per heavy atom. The lowest BCUT2D eigenvalue weighted by atomic mass is 10.0. The lowest BCUT2D eigenvalue weighted by molar-refractivity contribution is 0.240. The van der Waals surface area contributed by atoms with E-state index in [0.29, 0.717) is 29.6 Å². The van der Waals surface area contributed by atoms with Crippen molar-refractivity contribution in [3.05, 3.63) is 58.8 Å². The predicted octanol–water partition coefficient (Wildman–Crippen LogP) is 3.57. The molecule has 1 aromatic heterocycles. The van der Waals surface area contributed by atoms with Crippen LogP contribution in [-0.4, -0.2) is 37.5 Å². The van der Waals surface area contributed by atoms with Crippen molar-refractivity contribution in [3.8, 4) is 0 Å². The van der Waals surface area contributed by atoms with Gasteiger partial charge in [0.25, 0.3) is 0 Å².